The Kier molecular flexibility index (Phi) is 5.47. The van der Waals surface area contributed by atoms with Crippen LogP contribution in [0, 0.1) is 11.8 Å². The second-order valence-electron chi connectivity index (χ2n) is 6.51. The third-order valence-corrected chi connectivity index (χ3v) is 4.31. The van der Waals surface area contributed by atoms with E-state index >= 15 is 0 Å². The van der Waals surface area contributed by atoms with Crippen molar-refractivity contribution in [2.45, 2.75) is 59.1 Å². The van der Waals surface area contributed by atoms with E-state index in [1.807, 2.05) is 0 Å². The zero-order valence-corrected chi connectivity index (χ0v) is 13.4. The Morgan fingerprint density at radius 3 is 2.55 bits per heavy atom. The maximum Gasteiger partial charge on any atom is 0.120 e. The van der Waals surface area contributed by atoms with Crippen LogP contribution in [0.15, 0.2) is 24.3 Å². The molecular formula is C18H29NO. The van der Waals surface area contributed by atoms with E-state index in [-0.39, 0.29) is 0 Å². The lowest BCUT2D eigenvalue weighted by Crippen LogP contribution is -2.28. The maximum atomic E-state index is 6.24. The molecule has 1 aliphatic carbocycles. The van der Waals surface area contributed by atoms with Gasteiger partial charge in [-0.3, -0.25) is 0 Å². The summed E-state index contributed by atoms with van der Waals surface area (Å²) in [5, 5.41) is 3.45. The van der Waals surface area contributed by atoms with Crippen molar-refractivity contribution >= 4 is 0 Å². The van der Waals surface area contributed by atoms with Crippen molar-refractivity contribution in [3.63, 3.8) is 0 Å². The van der Waals surface area contributed by atoms with Gasteiger partial charge in [0.25, 0.3) is 0 Å². The first kappa shape index (κ1) is 15.4. The molecule has 112 valence electrons. The van der Waals surface area contributed by atoms with E-state index in [4.69, 9.17) is 4.74 Å². The van der Waals surface area contributed by atoms with Crippen LogP contribution in [-0.2, 0) is 0 Å². The second-order valence-corrected chi connectivity index (χ2v) is 6.51. The van der Waals surface area contributed by atoms with Crippen LogP contribution in [0.5, 0.6) is 5.75 Å². The number of ether oxygens (including phenoxy) is 1. The summed E-state index contributed by atoms with van der Waals surface area (Å²) in [4.78, 5) is 0. The maximum absolute atomic E-state index is 6.24. The van der Waals surface area contributed by atoms with Crippen LogP contribution >= 0.6 is 0 Å². The first-order valence-electron chi connectivity index (χ1n) is 8.08. The van der Waals surface area contributed by atoms with Gasteiger partial charge in [-0.05, 0) is 62.3 Å². The molecule has 20 heavy (non-hydrogen) atoms. The first-order chi connectivity index (χ1) is 9.58. The van der Waals surface area contributed by atoms with Gasteiger partial charge in [0.05, 0.1) is 6.10 Å². The van der Waals surface area contributed by atoms with Gasteiger partial charge in [0.2, 0.25) is 0 Å². The highest BCUT2D eigenvalue weighted by molar-refractivity contribution is 5.30. The molecular weight excluding hydrogens is 246 g/mol. The van der Waals surface area contributed by atoms with Crippen LogP contribution in [0.1, 0.15) is 58.6 Å². The minimum atomic E-state index is 0.382. The van der Waals surface area contributed by atoms with E-state index < -0.39 is 0 Å². The summed E-state index contributed by atoms with van der Waals surface area (Å²) in [6.45, 7) is 10.0. The van der Waals surface area contributed by atoms with Crippen LogP contribution in [0.3, 0.4) is 0 Å². The van der Waals surface area contributed by atoms with Crippen molar-refractivity contribution in [3.05, 3.63) is 29.8 Å². The molecule has 0 aromatic heterocycles. The molecule has 1 aliphatic rings. The van der Waals surface area contributed by atoms with E-state index in [0.717, 1.165) is 24.1 Å². The number of benzene rings is 1. The van der Waals surface area contributed by atoms with E-state index in [1.54, 1.807) is 0 Å². The van der Waals surface area contributed by atoms with Gasteiger partial charge in [-0.15, -0.1) is 0 Å². The third kappa shape index (κ3) is 4.24. The minimum absolute atomic E-state index is 0.382. The average Bonchev–Trinajstić information content (AvgIpc) is 2.38. The van der Waals surface area contributed by atoms with E-state index in [1.165, 1.54) is 24.8 Å². The van der Waals surface area contributed by atoms with Crippen molar-refractivity contribution in [1.82, 2.24) is 5.32 Å². The molecule has 0 spiro atoms. The van der Waals surface area contributed by atoms with Crippen molar-refractivity contribution < 1.29 is 4.74 Å². The normalized spacial score (nSPS) is 28.1. The minimum Gasteiger partial charge on any atom is -0.490 e. The molecule has 3 unspecified atom stereocenters. The SMILES string of the molecule is CCNC(C)c1cccc(OC2CC(C)CC(C)C2)c1. The lowest BCUT2D eigenvalue weighted by molar-refractivity contribution is 0.101. The molecule has 1 aromatic carbocycles. The van der Waals surface area contributed by atoms with Crippen LogP contribution in [0.2, 0.25) is 0 Å². The topological polar surface area (TPSA) is 21.3 Å². The molecule has 0 aliphatic heterocycles. The van der Waals surface area contributed by atoms with Gasteiger partial charge in [-0.2, -0.15) is 0 Å². The lowest BCUT2D eigenvalue weighted by atomic mass is 9.82. The van der Waals surface area contributed by atoms with Crippen LogP contribution in [0.25, 0.3) is 0 Å². The number of rotatable bonds is 5. The van der Waals surface area contributed by atoms with Gasteiger partial charge in [0, 0.05) is 6.04 Å². The average molecular weight is 275 g/mol. The van der Waals surface area contributed by atoms with Gasteiger partial charge in [-0.1, -0.05) is 32.9 Å². The fourth-order valence-electron chi connectivity index (χ4n) is 3.44. The summed E-state index contributed by atoms with van der Waals surface area (Å²) in [7, 11) is 0. The molecule has 1 N–H and O–H groups in total. The first-order valence-corrected chi connectivity index (χ1v) is 8.08. The van der Waals surface area contributed by atoms with E-state index in [0.29, 0.717) is 12.1 Å². The second kappa shape index (κ2) is 7.12. The number of hydrogen-bond acceptors (Lipinski definition) is 2. The number of hydrogen-bond donors (Lipinski definition) is 1. The molecule has 2 heteroatoms. The quantitative estimate of drug-likeness (QED) is 0.850. The van der Waals surface area contributed by atoms with Crippen molar-refractivity contribution in [2.24, 2.45) is 11.8 Å². The van der Waals surface area contributed by atoms with Gasteiger partial charge >= 0.3 is 0 Å². The van der Waals surface area contributed by atoms with Crippen molar-refractivity contribution in [2.75, 3.05) is 6.54 Å². The summed E-state index contributed by atoms with van der Waals surface area (Å²) in [5.74, 6) is 2.60. The fourth-order valence-corrected chi connectivity index (χ4v) is 3.44. The van der Waals surface area contributed by atoms with E-state index in [2.05, 4.69) is 57.3 Å². The third-order valence-electron chi connectivity index (χ3n) is 4.31. The summed E-state index contributed by atoms with van der Waals surface area (Å²) in [6.07, 6.45) is 4.12. The zero-order valence-electron chi connectivity index (χ0n) is 13.4. The summed E-state index contributed by atoms with van der Waals surface area (Å²) >= 11 is 0. The van der Waals surface area contributed by atoms with Gasteiger partial charge in [0.1, 0.15) is 5.75 Å². The standard InChI is InChI=1S/C18H29NO/c1-5-19-15(4)16-7-6-8-17(12-16)20-18-10-13(2)9-14(3)11-18/h6-8,12-15,18-19H,5,9-11H2,1-4H3. The van der Waals surface area contributed by atoms with Crippen LogP contribution in [0.4, 0.5) is 0 Å². The fraction of sp³-hybridized carbons (Fsp3) is 0.667. The zero-order chi connectivity index (χ0) is 14.5. The largest absolute Gasteiger partial charge is 0.490 e. The van der Waals surface area contributed by atoms with Crippen LogP contribution < -0.4 is 10.1 Å². The summed E-state index contributed by atoms with van der Waals surface area (Å²) < 4.78 is 6.24. The van der Waals surface area contributed by atoms with E-state index in [9.17, 15) is 0 Å². The predicted molar refractivity (Wildman–Crippen MR) is 85.1 cm³/mol. The van der Waals surface area contributed by atoms with Crippen molar-refractivity contribution in [3.8, 4) is 5.75 Å². The molecule has 0 heterocycles. The molecule has 2 nitrogen and oxygen atoms in total. The summed E-state index contributed by atoms with van der Waals surface area (Å²) in [5.41, 5.74) is 1.31. The molecule has 0 amide bonds. The molecule has 0 radical (unpaired) electrons. The van der Waals surface area contributed by atoms with Gasteiger partial charge in [0.15, 0.2) is 0 Å². The Morgan fingerprint density at radius 2 is 1.90 bits per heavy atom. The summed E-state index contributed by atoms with van der Waals surface area (Å²) in [6, 6.07) is 8.94. The molecule has 0 bridgehead atoms. The van der Waals surface area contributed by atoms with Crippen LogP contribution in [-0.4, -0.2) is 12.6 Å². The monoisotopic (exact) mass is 275 g/mol. The molecule has 1 aromatic rings. The molecule has 1 saturated carbocycles. The highest BCUT2D eigenvalue weighted by atomic mass is 16.5. The van der Waals surface area contributed by atoms with Gasteiger partial charge in [-0.25, -0.2) is 0 Å². The number of nitrogens with one attached hydrogen (secondary N) is 1. The highest BCUT2D eigenvalue weighted by Crippen LogP contribution is 2.31. The molecule has 3 atom stereocenters. The Hall–Kier alpha value is -1.02. The molecule has 1 fully saturated rings. The smallest absolute Gasteiger partial charge is 0.120 e. The molecule has 2 rings (SSSR count). The van der Waals surface area contributed by atoms with Gasteiger partial charge < -0.3 is 10.1 Å². The Bertz CT molecular complexity index is 408. The highest BCUT2D eigenvalue weighted by Gasteiger charge is 2.25. The van der Waals surface area contributed by atoms with Crippen molar-refractivity contribution in [1.29, 1.82) is 0 Å². The lowest BCUT2D eigenvalue weighted by Gasteiger charge is -2.31. The Balaban J connectivity index is 2.00. The molecule has 0 saturated heterocycles. The Morgan fingerprint density at radius 1 is 1.20 bits per heavy atom. The Labute approximate surface area is 123 Å². The predicted octanol–water partition coefficient (Wildman–Crippen LogP) is 4.56.